The van der Waals surface area contributed by atoms with Gasteiger partial charge in [0.05, 0.1) is 0 Å². The van der Waals surface area contributed by atoms with Gasteiger partial charge in [0.2, 0.25) is 0 Å². The van der Waals surface area contributed by atoms with Crippen LogP contribution in [0.3, 0.4) is 0 Å². The molecule has 62 valence electrons. The van der Waals surface area contributed by atoms with Crippen molar-refractivity contribution in [1.29, 1.82) is 0 Å². The Balaban J connectivity index is 2.20. The molecule has 0 aromatic carbocycles. The first-order valence-corrected chi connectivity index (χ1v) is 4.57. The van der Waals surface area contributed by atoms with Crippen LogP contribution in [0.2, 0.25) is 0 Å². The van der Waals surface area contributed by atoms with Gasteiger partial charge in [0.15, 0.2) is 12.4 Å². The van der Waals surface area contributed by atoms with Gasteiger partial charge in [0, 0.05) is 11.6 Å². The summed E-state index contributed by atoms with van der Waals surface area (Å²) in [6, 6.07) is 2.01. The first kappa shape index (κ1) is 6.46. The normalized spacial score (nSPS) is 30.7. The average molecular weight is 161 g/mol. The fourth-order valence-electron chi connectivity index (χ4n) is 2.76. The third-order valence-electron chi connectivity index (χ3n) is 3.31. The number of hydrogen-bond acceptors (Lipinski definition) is 1. The van der Waals surface area contributed by atoms with Gasteiger partial charge in [-0.2, -0.15) is 4.73 Å². The van der Waals surface area contributed by atoms with Crippen LogP contribution in [0, 0.1) is 5.21 Å². The zero-order valence-electron chi connectivity index (χ0n) is 6.86. The van der Waals surface area contributed by atoms with Crippen LogP contribution < -0.4 is 4.73 Å². The third-order valence-corrected chi connectivity index (χ3v) is 3.31. The highest BCUT2D eigenvalue weighted by atomic mass is 16.5. The highest BCUT2D eigenvalue weighted by Gasteiger charge is 2.38. The fourth-order valence-corrected chi connectivity index (χ4v) is 2.76. The molecule has 1 fully saturated rings. The molecule has 0 unspecified atom stereocenters. The van der Waals surface area contributed by atoms with Crippen molar-refractivity contribution in [2.45, 2.75) is 31.1 Å². The molecule has 2 nitrogen and oxygen atoms in total. The monoisotopic (exact) mass is 161 g/mol. The maximum atomic E-state index is 11.0. The largest absolute Gasteiger partial charge is 0.619 e. The van der Waals surface area contributed by atoms with Crippen molar-refractivity contribution >= 4 is 0 Å². The van der Waals surface area contributed by atoms with Crippen LogP contribution in [0.25, 0.3) is 0 Å². The molecule has 2 heteroatoms. The lowest BCUT2D eigenvalue weighted by Gasteiger charge is -2.12. The van der Waals surface area contributed by atoms with Gasteiger partial charge in [-0.1, -0.05) is 0 Å². The number of rotatable bonds is 0. The van der Waals surface area contributed by atoms with Crippen molar-refractivity contribution < 1.29 is 4.73 Å². The van der Waals surface area contributed by atoms with Crippen molar-refractivity contribution in [1.82, 2.24) is 0 Å². The summed E-state index contributed by atoms with van der Waals surface area (Å²) >= 11 is 0. The minimum absolute atomic E-state index is 0.700. The second-order valence-electron chi connectivity index (χ2n) is 3.92. The van der Waals surface area contributed by atoms with Gasteiger partial charge in [-0.15, -0.1) is 0 Å². The Morgan fingerprint density at radius 3 is 2.83 bits per heavy atom. The Labute approximate surface area is 71.4 Å². The van der Waals surface area contributed by atoms with Crippen LogP contribution >= 0.6 is 0 Å². The maximum Gasteiger partial charge on any atom is 0.184 e. The summed E-state index contributed by atoms with van der Waals surface area (Å²) in [6.07, 6.45) is 7.31. The quantitative estimate of drug-likeness (QED) is 0.420. The molecule has 12 heavy (non-hydrogen) atoms. The molecule has 0 aliphatic heterocycles. The van der Waals surface area contributed by atoms with Gasteiger partial charge in [-0.3, -0.25) is 0 Å². The van der Waals surface area contributed by atoms with Crippen molar-refractivity contribution in [3.05, 3.63) is 34.8 Å². The summed E-state index contributed by atoms with van der Waals surface area (Å²) in [4.78, 5) is 0. The van der Waals surface area contributed by atoms with Crippen LogP contribution in [0.4, 0.5) is 0 Å². The van der Waals surface area contributed by atoms with Gasteiger partial charge in [-0.25, -0.2) is 0 Å². The molecule has 0 saturated heterocycles. The number of hydrogen-bond donors (Lipinski definition) is 0. The van der Waals surface area contributed by atoms with Gasteiger partial charge < -0.3 is 5.21 Å². The van der Waals surface area contributed by atoms with Crippen LogP contribution in [0.1, 0.15) is 42.2 Å². The summed E-state index contributed by atoms with van der Waals surface area (Å²) in [6.45, 7) is 0. The molecule has 2 bridgehead atoms. The highest BCUT2D eigenvalue weighted by molar-refractivity contribution is 5.37. The molecule has 0 spiro atoms. The molecule has 3 rings (SSSR count). The molecule has 2 aliphatic rings. The van der Waals surface area contributed by atoms with E-state index in [9.17, 15) is 5.21 Å². The first-order chi connectivity index (χ1) is 5.84. The first-order valence-electron chi connectivity index (χ1n) is 4.57. The Morgan fingerprint density at radius 2 is 2.00 bits per heavy atom. The Bertz CT molecular complexity index is 335. The zero-order valence-corrected chi connectivity index (χ0v) is 6.86. The molecule has 1 aromatic heterocycles. The Kier molecular flexibility index (Phi) is 1.08. The van der Waals surface area contributed by atoms with Crippen molar-refractivity contribution in [3.8, 4) is 0 Å². The lowest BCUT2D eigenvalue weighted by atomic mass is 9.94. The van der Waals surface area contributed by atoms with E-state index < -0.39 is 0 Å². The molecule has 0 N–H and O–H groups in total. The molecule has 1 aromatic rings. The van der Waals surface area contributed by atoms with E-state index in [0.29, 0.717) is 5.92 Å². The minimum atomic E-state index is 0.700. The topological polar surface area (TPSA) is 26.9 Å². The summed E-state index contributed by atoms with van der Waals surface area (Å²) in [7, 11) is 0. The second-order valence-corrected chi connectivity index (χ2v) is 3.92. The number of pyridine rings is 1. The highest BCUT2D eigenvalue weighted by Crippen LogP contribution is 2.52. The smallest absolute Gasteiger partial charge is 0.184 e. The van der Waals surface area contributed by atoms with E-state index in [0.717, 1.165) is 10.6 Å². The molecule has 1 saturated carbocycles. The van der Waals surface area contributed by atoms with E-state index in [1.54, 1.807) is 12.4 Å². The molecular weight excluding hydrogens is 150 g/mol. The third kappa shape index (κ3) is 0.675. The predicted octanol–water partition coefficient (Wildman–Crippen LogP) is 1.68. The number of nitrogens with zero attached hydrogens (tertiary/aromatic N) is 1. The fraction of sp³-hybridized carbons (Fsp3) is 0.500. The summed E-state index contributed by atoms with van der Waals surface area (Å²) < 4.78 is 0.930. The van der Waals surface area contributed by atoms with E-state index >= 15 is 0 Å². The van der Waals surface area contributed by atoms with Gasteiger partial charge >= 0.3 is 0 Å². The molecule has 0 amide bonds. The van der Waals surface area contributed by atoms with Crippen molar-refractivity contribution in [2.24, 2.45) is 0 Å². The SMILES string of the molecule is [O-][n+]1ccc2c(c1)[C@@H]1CC[C@H]2C1. The maximum absolute atomic E-state index is 11.0. The Morgan fingerprint density at radius 1 is 1.25 bits per heavy atom. The number of aromatic nitrogens is 1. The second kappa shape index (κ2) is 2.00. The summed E-state index contributed by atoms with van der Waals surface area (Å²) in [5.41, 5.74) is 2.77. The molecular formula is C10H11NO. The van der Waals surface area contributed by atoms with E-state index in [-0.39, 0.29) is 0 Å². The van der Waals surface area contributed by atoms with Crippen LogP contribution in [0.5, 0.6) is 0 Å². The van der Waals surface area contributed by atoms with Gasteiger partial charge in [0.25, 0.3) is 0 Å². The molecule has 0 radical (unpaired) electrons. The zero-order chi connectivity index (χ0) is 8.13. The molecule has 2 atom stereocenters. The molecule has 1 heterocycles. The van der Waals surface area contributed by atoms with E-state index in [4.69, 9.17) is 0 Å². The van der Waals surface area contributed by atoms with Crippen LogP contribution in [-0.2, 0) is 0 Å². The summed E-state index contributed by atoms with van der Waals surface area (Å²) in [5.74, 6) is 1.47. The predicted molar refractivity (Wildman–Crippen MR) is 44.7 cm³/mol. The van der Waals surface area contributed by atoms with Gasteiger partial charge in [0.1, 0.15) is 0 Å². The lowest BCUT2D eigenvalue weighted by Crippen LogP contribution is -2.26. The van der Waals surface area contributed by atoms with E-state index in [1.165, 1.54) is 30.4 Å². The van der Waals surface area contributed by atoms with Crippen LogP contribution in [-0.4, -0.2) is 0 Å². The van der Waals surface area contributed by atoms with E-state index in [1.807, 2.05) is 6.07 Å². The lowest BCUT2D eigenvalue weighted by molar-refractivity contribution is -0.606. The minimum Gasteiger partial charge on any atom is -0.619 e. The van der Waals surface area contributed by atoms with Gasteiger partial charge in [-0.05, 0) is 36.7 Å². The van der Waals surface area contributed by atoms with Crippen molar-refractivity contribution in [2.75, 3.05) is 0 Å². The standard InChI is InChI=1S/C10H11NO/c12-11-4-3-9-7-1-2-8(5-7)10(9)6-11/h3-4,6-8H,1-2,5H2/t7-,8+/m0/s1. The average Bonchev–Trinajstić information content (AvgIpc) is 2.63. The summed E-state index contributed by atoms with van der Waals surface area (Å²) in [5, 5.41) is 11.0. The number of fused-ring (bicyclic) bond motifs is 5. The van der Waals surface area contributed by atoms with E-state index in [2.05, 4.69) is 0 Å². The van der Waals surface area contributed by atoms with Crippen molar-refractivity contribution in [3.63, 3.8) is 0 Å². The Hall–Kier alpha value is -1.05. The molecule has 2 aliphatic carbocycles. The van der Waals surface area contributed by atoms with Crippen LogP contribution in [0.15, 0.2) is 18.5 Å².